The maximum Gasteiger partial charge on any atom is 0.406 e. The number of alkyl halides is 3. The zero-order valence-electron chi connectivity index (χ0n) is 11.1. The van der Waals surface area contributed by atoms with Gasteiger partial charge in [0.2, 0.25) is 5.91 Å². The second-order valence-corrected chi connectivity index (χ2v) is 5.11. The number of carbonyl (C=O) groups is 2. The quantitative estimate of drug-likeness (QED) is 0.930. The number of benzene rings is 1. The molecular weight excluding hydrogens is 287 g/mol. The van der Waals surface area contributed by atoms with Crippen LogP contribution in [0.1, 0.15) is 12.0 Å². The minimum Gasteiger partial charge on any atom is -0.481 e. The Morgan fingerprint density at radius 2 is 1.86 bits per heavy atom. The van der Waals surface area contributed by atoms with Crippen molar-refractivity contribution < 1.29 is 27.9 Å². The molecule has 114 valence electrons. The summed E-state index contributed by atoms with van der Waals surface area (Å²) in [6, 6.07) is 8.61. The van der Waals surface area contributed by atoms with E-state index in [0.717, 1.165) is 4.90 Å². The predicted molar refractivity (Wildman–Crippen MR) is 67.5 cm³/mol. The summed E-state index contributed by atoms with van der Waals surface area (Å²) in [6.45, 7) is -1.02. The lowest BCUT2D eigenvalue weighted by atomic mass is 9.86. The van der Waals surface area contributed by atoms with Gasteiger partial charge in [-0.15, -0.1) is 0 Å². The number of hydrogen-bond acceptors (Lipinski definition) is 2. The first-order chi connectivity index (χ1) is 9.76. The Labute approximate surface area is 119 Å². The molecule has 1 aliphatic heterocycles. The fourth-order valence-corrected chi connectivity index (χ4v) is 2.43. The number of nitrogens with zero attached hydrogens (tertiary/aromatic N) is 1. The van der Waals surface area contributed by atoms with Gasteiger partial charge in [-0.1, -0.05) is 30.3 Å². The molecule has 1 aromatic rings. The number of aliphatic carboxylic acids is 1. The Hall–Kier alpha value is -2.05. The van der Waals surface area contributed by atoms with Crippen molar-refractivity contribution in [2.45, 2.75) is 19.0 Å². The molecule has 1 saturated heterocycles. The Morgan fingerprint density at radius 1 is 1.24 bits per heavy atom. The first-order valence-electron chi connectivity index (χ1n) is 6.38. The van der Waals surface area contributed by atoms with Crippen molar-refractivity contribution in [3.05, 3.63) is 35.9 Å². The number of carbonyl (C=O) groups excluding carboxylic acids is 1. The van der Waals surface area contributed by atoms with Crippen LogP contribution in [0, 0.1) is 5.41 Å². The maximum atomic E-state index is 13.0. The predicted octanol–water partition coefficient (Wildman–Crippen LogP) is 2.09. The molecule has 0 aromatic heterocycles. The number of amides is 1. The summed E-state index contributed by atoms with van der Waals surface area (Å²) in [6.07, 6.45) is -5.51. The molecule has 4 nitrogen and oxygen atoms in total. The van der Waals surface area contributed by atoms with E-state index < -0.39 is 36.4 Å². The van der Waals surface area contributed by atoms with Crippen LogP contribution in [0.2, 0.25) is 0 Å². The largest absolute Gasteiger partial charge is 0.481 e. The number of hydrogen-bond donors (Lipinski definition) is 1. The van der Waals surface area contributed by atoms with Gasteiger partial charge in [0.05, 0.1) is 6.42 Å². The fourth-order valence-electron chi connectivity index (χ4n) is 2.43. The highest BCUT2D eigenvalue weighted by molar-refractivity contribution is 5.82. The first-order valence-corrected chi connectivity index (χ1v) is 6.38. The normalized spacial score (nSPS) is 22.3. The van der Waals surface area contributed by atoms with Crippen molar-refractivity contribution in [3.63, 3.8) is 0 Å². The van der Waals surface area contributed by atoms with Gasteiger partial charge >= 0.3 is 12.1 Å². The van der Waals surface area contributed by atoms with E-state index in [2.05, 4.69) is 0 Å². The Kier molecular flexibility index (Phi) is 3.93. The van der Waals surface area contributed by atoms with Gasteiger partial charge in [-0.25, -0.2) is 0 Å². The van der Waals surface area contributed by atoms with E-state index in [1.807, 2.05) is 0 Å². The summed E-state index contributed by atoms with van der Waals surface area (Å²) in [7, 11) is 0. The lowest BCUT2D eigenvalue weighted by molar-refractivity contribution is -0.227. The molecule has 1 fully saturated rings. The summed E-state index contributed by atoms with van der Waals surface area (Å²) in [5, 5.41) is 8.93. The molecular formula is C14H14F3NO3. The zero-order valence-corrected chi connectivity index (χ0v) is 11.1. The van der Waals surface area contributed by atoms with Crippen LogP contribution in [0.3, 0.4) is 0 Å². The summed E-state index contributed by atoms with van der Waals surface area (Å²) < 4.78 is 39.0. The van der Waals surface area contributed by atoms with Crippen LogP contribution in [0.5, 0.6) is 0 Å². The van der Waals surface area contributed by atoms with Crippen molar-refractivity contribution >= 4 is 11.9 Å². The van der Waals surface area contributed by atoms with Gasteiger partial charge < -0.3 is 10.0 Å². The smallest absolute Gasteiger partial charge is 0.406 e. The standard InChI is InChI=1S/C14H14F3NO3/c15-14(16,17)13(12(20)21)6-7-18(9-13)11(19)8-10-4-2-1-3-5-10/h1-5H,6-9H2,(H,20,21). The minimum atomic E-state index is -4.87. The molecule has 0 spiro atoms. The second-order valence-electron chi connectivity index (χ2n) is 5.11. The van der Waals surface area contributed by atoms with Crippen LogP contribution < -0.4 is 0 Å². The van der Waals surface area contributed by atoms with Gasteiger partial charge in [0.25, 0.3) is 0 Å². The average molecular weight is 301 g/mol. The molecule has 1 unspecified atom stereocenters. The van der Waals surface area contributed by atoms with Crippen molar-refractivity contribution in [3.8, 4) is 0 Å². The second kappa shape index (κ2) is 5.38. The van der Waals surface area contributed by atoms with Crippen LogP contribution in [0.4, 0.5) is 13.2 Å². The molecule has 0 aliphatic carbocycles. The van der Waals surface area contributed by atoms with Crippen molar-refractivity contribution in [2.24, 2.45) is 5.41 Å². The highest BCUT2D eigenvalue weighted by Crippen LogP contribution is 2.45. The van der Waals surface area contributed by atoms with E-state index in [1.54, 1.807) is 30.3 Å². The molecule has 1 heterocycles. The highest BCUT2D eigenvalue weighted by atomic mass is 19.4. The SMILES string of the molecule is O=C(Cc1ccccc1)N1CCC(C(=O)O)(C(F)(F)F)C1. The van der Waals surface area contributed by atoms with Gasteiger partial charge in [0, 0.05) is 13.1 Å². The third kappa shape index (κ3) is 2.86. The number of halogens is 3. The van der Waals surface area contributed by atoms with E-state index >= 15 is 0 Å². The molecule has 7 heteroatoms. The van der Waals surface area contributed by atoms with Crippen LogP contribution in [0.15, 0.2) is 30.3 Å². The third-order valence-electron chi connectivity index (χ3n) is 3.77. The number of rotatable bonds is 3. The van der Waals surface area contributed by atoms with Crippen LogP contribution >= 0.6 is 0 Å². The maximum absolute atomic E-state index is 13.0. The average Bonchev–Trinajstić information content (AvgIpc) is 2.86. The number of likely N-dealkylation sites (tertiary alicyclic amines) is 1. The lowest BCUT2D eigenvalue weighted by Gasteiger charge is -2.27. The summed E-state index contributed by atoms with van der Waals surface area (Å²) in [4.78, 5) is 24.0. The molecule has 0 radical (unpaired) electrons. The number of carboxylic acids is 1. The van der Waals surface area contributed by atoms with E-state index in [4.69, 9.17) is 5.11 Å². The van der Waals surface area contributed by atoms with Crippen molar-refractivity contribution in [2.75, 3.05) is 13.1 Å². The molecule has 1 atom stereocenters. The van der Waals surface area contributed by atoms with E-state index in [9.17, 15) is 22.8 Å². The van der Waals surface area contributed by atoms with E-state index in [-0.39, 0.29) is 13.0 Å². The van der Waals surface area contributed by atoms with Crippen LogP contribution in [-0.2, 0) is 16.0 Å². The molecule has 0 saturated carbocycles. The molecule has 1 amide bonds. The topological polar surface area (TPSA) is 57.6 Å². The van der Waals surface area contributed by atoms with Gasteiger partial charge in [-0.3, -0.25) is 9.59 Å². The first kappa shape index (κ1) is 15.3. The lowest BCUT2D eigenvalue weighted by Crippen LogP contribution is -2.47. The fraction of sp³-hybridized carbons (Fsp3) is 0.429. The molecule has 21 heavy (non-hydrogen) atoms. The monoisotopic (exact) mass is 301 g/mol. The Morgan fingerprint density at radius 3 is 2.33 bits per heavy atom. The van der Waals surface area contributed by atoms with Gasteiger partial charge in [0.1, 0.15) is 0 Å². The summed E-state index contributed by atoms with van der Waals surface area (Å²) in [5.41, 5.74) is -2.17. The molecule has 0 bridgehead atoms. The minimum absolute atomic E-state index is 0.0333. The van der Waals surface area contributed by atoms with Crippen LogP contribution in [0.25, 0.3) is 0 Å². The van der Waals surface area contributed by atoms with E-state index in [0.29, 0.717) is 5.56 Å². The van der Waals surface area contributed by atoms with Gasteiger partial charge in [-0.05, 0) is 12.0 Å². The molecule has 2 rings (SSSR count). The molecule has 1 aliphatic rings. The van der Waals surface area contributed by atoms with Crippen molar-refractivity contribution in [1.29, 1.82) is 0 Å². The van der Waals surface area contributed by atoms with Gasteiger partial charge in [0.15, 0.2) is 5.41 Å². The zero-order chi connectivity index (χ0) is 15.7. The molecule has 1 N–H and O–H groups in total. The summed E-state index contributed by atoms with van der Waals surface area (Å²) >= 11 is 0. The van der Waals surface area contributed by atoms with Gasteiger partial charge in [-0.2, -0.15) is 13.2 Å². The Balaban J connectivity index is 2.11. The van der Waals surface area contributed by atoms with Crippen LogP contribution in [-0.4, -0.2) is 41.1 Å². The third-order valence-corrected chi connectivity index (χ3v) is 3.77. The van der Waals surface area contributed by atoms with E-state index in [1.165, 1.54) is 0 Å². The molecule has 1 aromatic carbocycles. The van der Waals surface area contributed by atoms with Crippen molar-refractivity contribution in [1.82, 2.24) is 4.90 Å². The Bertz CT molecular complexity index is 544. The number of carboxylic acid groups (broad SMARTS) is 1. The highest BCUT2D eigenvalue weighted by Gasteiger charge is 2.64. The summed E-state index contributed by atoms with van der Waals surface area (Å²) in [5.74, 6) is -2.42.